The highest BCUT2D eigenvalue weighted by molar-refractivity contribution is 5.72. The summed E-state index contributed by atoms with van der Waals surface area (Å²) in [6, 6.07) is 1.25. The van der Waals surface area contributed by atoms with Gasteiger partial charge in [0, 0.05) is 18.7 Å². The minimum absolute atomic E-state index is 0.114. The van der Waals surface area contributed by atoms with Crippen LogP contribution in [0.3, 0.4) is 0 Å². The first kappa shape index (κ1) is 10.5. The van der Waals surface area contributed by atoms with Gasteiger partial charge in [-0.2, -0.15) is 5.10 Å². The minimum atomic E-state index is -1.23. The Hall–Kier alpha value is -1.98. The van der Waals surface area contributed by atoms with Crippen LogP contribution in [0.5, 0.6) is 0 Å². The van der Waals surface area contributed by atoms with Gasteiger partial charge in [-0.1, -0.05) is 0 Å². The molecular weight excluding hydrogens is 219 g/mol. The van der Waals surface area contributed by atoms with Gasteiger partial charge in [0.2, 0.25) is 0 Å². The predicted octanol–water partition coefficient (Wildman–Crippen LogP) is 2.09. The molecule has 0 aliphatic heterocycles. The summed E-state index contributed by atoms with van der Waals surface area (Å²) in [5.41, 5.74) is 5.87. The molecule has 3 nitrogen and oxygen atoms in total. The molecule has 0 bridgehead atoms. The van der Waals surface area contributed by atoms with E-state index in [0.717, 1.165) is 6.07 Å². The van der Waals surface area contributed by atoms with E-state index in [2.05, 4.69) is 5.10 Å². The summed E-state index contributed by atoms with van der Waals surface area (Å²) in [5, 5.41) is 3.79. The molecule has 0 fully saturated rings. The highest BCUT2D eigenvalue weighted by atomic mass is 19.2. The van der Waals surface area contributed by atoms with Gasteiger partial charge in [-0.05, 0) is 6.07 Å². The summed E-state index contributed by atoms with van der Waals surface area (Å²) in [6.07, 6.45) is 1.32. The van der Waals surface area contributed by atoms with Gasteiger partial charge in [0.15, 0.2) is 11.6 Å². The van der Waals surface area contributed by atoms with E-state index < -0.39 is 17.5 Å². The van der Waals surface area contributed by atoms with Crippen molar-refractivity contribution in [1.29, 1.82) is 0 Å². The molecule has 2 aromatic rings. The van der Waals surface area contributed by atoms with Gasteiger partial charge in [0.05, 0.1) is 17.6 Å². The van der Waals surface area contributed by atoms with Crippen LogP contribution in [-0.4, -0.2) is 9.78 Å². The SMILES string of the molecule is Cn1ncc(N)c1-c1cc(F)c(F)cc1F. The Labute approximate surface area is 89.3 Å². The minimum Gasteiger partial charge on any atom is -0.396 e. The largest absolute Gasteiger partial charge is 0.396 e. The third kappa shape index (κ3) is 1.52. The summed E-state index contributed by atoms with van der Waals surface area (Å²) in [7, 11) is 1.53. The molecule has 0 saturated carbocycles. The van der Waals surface area contributed by atoms with E-state index in [4.69, 9.17) is 5.73 Å². The maximum absolute atomic E-state index is 13.5. The Morgan fingerprint density at radius 3 is 2.31 bits per heavy atom. The van der Waals surface area contributed by atoms with Crippen molar-refractivity contribution in [1.82, 2.24) is 9.78 Å². The highest BCUT2D eigenvalue weighted by Gasteiger charge is 2.16. The van der Waals surface area contributed by atoms with Crippen LogP contribution < -0.4 is 5.73 Å². The third-order valence-corrected chi connectivity index (χ3v) is 2.23. The van der Waals surface area contributed by atoms with E-state index >= 15 is 0 Å². The second-order valence-electron chi connectivity index (χ2n) is 3.32. The average molecular weight is 227 g/mol. The fourth-order valence-corrected chi connectivity index (χ4v) is 1.49. The average Bonchev–Trinajstić information content (AvgIpc) is 2.53. The number of nitrogen functional groups attached to an aromatic ring is 1. The molecule has 1 heterocycles. The molecule has 0 radical (unpaired) electrons. The molecule has 6 heteroatoms. The van der Waals surface area contributed by atoms with E-state index in [9.17, 15) is 13.2 Å². The van der Waals surface area contributed by atoms with Crippen molar-refractivity contribution in [2.75, 3.05) is 5.73 Å². The Morgan fingerprint density at radius 2 is 1.75 bits per heavy atom. The molecule has 2 N–H and O–H groups in total. The number of hydrogen-bond acceptors (Lipinski definition) is 2. The van der Waals surface area contributed by atoms with Crippen molar-refractivity contribution >= 4 is 5.69 Å². The molecule has 0 spiro atoms. The number of aromatic nitrogens is 2. The lowest BCUT2D eigenvalue weighted by Gasteiger charge is -2.06. The number of nitrogens with two attached hydrogens (primary N) is 1. The molecule has 2 rings (SSSR count). The van der Waals surface area contributed by atoms with Crippen molar-refractivity contribution in [2.24, 2.45) is 7.05 Å². The molecular formula is C10H8F3N3. The van der Waals surface area contributed by atoms with E-state index in [1.54, 1.807) is 0 Å². The van der Waals surface area contributed by atoms with E-state index in [0.29, 0.717) is 6.07 Å². The standard InChI is InChI=1S/C10H8F3N3/c1-16-10(9(14)4-15-16)5-2-7(12)8(13)3-6(5)11/h2-4H,14H2,1H3. The van der Waals surface area contributed by atoms with Crippen molar-refractivity contribution < 1.29 is 13.2 Å². The van der Waals surface area contributed by atoms with Crippen molar-refractivity contribution in [3.05, 3.63) is 35.8 Å². The van der Waals surface area contributed by atoms with Gasteiger partial charge in [-0.15, -0.1) is 0 Å². The number of benzene rings is 1. The molecule has 84 valence electrons. The predicted molar refractivity (Wildman–Crippen MR) is 52.9 cm³/mol. The third-order valence-electron chi connectivity index (χ3n) is 2.23. The normalized spacial score (nSPS) is 10.8. The Morgan fingerprint density at radius 1 is 1.12 bits per heavy atom. The maximum Gasteiger partial charge on any atom is 0.161 e. The Balaban J connectivity index is 2.69. The lowest BCUT2D eigenvalue weighted by molar-refractivity contribution is 0.495. The van der Waals surface area contributed by atoms with Gasteiger partial charge in [0.25, 0.3) is 0 Å². The first-order chi connectivity index (χ1) is 7.50. The van der Waals surface area contributed by atoms with Gasteiger partial charge in [-0.25, -0.2) is 13.2 Å². The monoisotopic (exact) mass is 227 g/mol. The number of rotatable bonds is 1. The molecule has 1 aromatic carbocycles. The second-order valence-corrected chi connectivity index (χ2v) is 3.32. The zero-order valence-corrected chi connectivity index (χ0v) is 8.34. The lowest BCUT2D eigenvalue weighted by atomic mass is 10.1. The smallest absolute Gasteiger partial charge is 0.161 e. The number of anilines is 1. The number of aryl methyl sites for hydroxylation is 1. The van der Waals surface area contributed by atoms with Crippen LogP contribution in [0.25, 0.3) is 11.3 Å². The molecule has 0 saturated heterocycles. The second kappa shape index (κ2) is 3.55. The molecule has 16 heavy (non-hydrogen) atoms. The van der Waals surface area contributed by atoms with Crippen LogP contribution in [0.4, 0.5) is 18.9 Å². The van der Waals surface area contributed by atoms with Gasteiger partial charge in [-0.3, -0.25) is 4.68 Å². The summed E-state index contributed by atoms with van der Waals surface area (Å²) in [6.45, 7) is 0. The zero-order chi connectivity index (χ0) is 11.9. The maximum atomic E-state index is 13.5. The molecule has 1 aromatic heterocycles. The Kier molecular flexibility index (Phi) is 2.34. The molecule has 0 unspecified atom stereocenters. The van der Waals surface area contributed by atoms with Crippen LogP contribution >= 0.6 is 0 Å². The van der Waals surface area contributed by atoms with Crippen molar-refractivity contribution in [3.8, 4) is 11.3 Å². The highest BCUT2D eigenvalue weighted by Crippen LogP contribution is 2.28. The van der Waals surface area contributed by atoms with E-state index in [1.807, 2.05) is 0 Å². The van der Waals surface area contributed by atoms with Gasteiger partial charge in [0.1, 0.15) is 5.82 Å². The van der Waals surface area contributed by atoms with E-state index in [1.165, 1.54) is 17.9 Å². The van der Waals surface area contributed by atoms with Crippen LogP contribution in [0, 0.1) is 17.5 Å². The number of nitrogens with zero attached hydrogens (tertiary/aromatic N) is 2. The molecule has 0 amide bonds. The van der Waals surface area contributed by atoms with Crippen LogP contribution in [0.15, 0.2) is 18.3 Å². The van der Waals surface area contributed by atoms with Gasteiger partial charge >= 0.3 is 0 Å². The molecule has 0 aliphatic rings. The van der Waals surface area contributed by atoms with Crippen molar-refractivity contribution in [2.45, 2.75) is 0 Å². The zero-order valence-electron chi connectivity index (χ0n) is 8.34. The van der Waals surface area contributed by atoms with Crippen LogP contribution in [-0.2, 0) is 7.05 Å². The number of hydrogen-bond donors (Lipinski definition) is 1. The van der Waals surface area contributed by atoms with Crippen LogP contribution in [0.1, 0.15) is 0 Å². The van der Waals surface area contributed by atoms with E-state index in [-0.39, 0.29) is 16.9 Å². The molecule has 0 atom stereocenters. The quantitative estimate of drug-likeness (QED) is 0.758. The summed E-state index contributed by atoms with van der Waals surface area (Å²) >= 11 is 0. The van der Waals surface area contributed by atoms with Crippen molar-refractivity contribution in [3.63, 3.8) is 0 Å². The fraction of sp³-hybridized carbons (Fsp3) is 0.100. The number of halogens is 3. The summed E-state index contributed by atoms with van der Waals surface area (Å²) in [4.78, 5) is 0. The first-order valence-electron chi connectivity index (χ1n) is 4.43. The Bertz CT molecular complexity index is 529. The summed E-state index contributed by atoms with van der Waals surface area (Å²) < 4.78 is 40.5. The molecule has 0 aliphatic carbocycles. The van der Waals surface area contributed by atoms with Crippen LogP contribution in [0.2, 0.25) is 0 Å². The fourth-order valence-electron chi connectivity index (χ4n) is 1.49. The first-order valence-corrected chi connectivity index (χ1v) is 4.43. The lowest BCUT2D eigenvalue weighted by Crippen LogP contribution is -1.99. The van der Waals surface area contributed by atoms with Gasteiger partial charge < -0.3 is 5.73 Å². The topological polar surface area (TPSA) is 43.8 Å². The summed E-state index contributed by atoms with van der Waals surface area (Å²) in [5.74, 6) is -3.24.